The van der Waals surface area contributed by atoms with Gasteiger partial charge in [0.1, 0.15) is 0 Å². The van der Waals surface area contributed by atoms with Crippen LogP contribution in [-0.2, 0) is 9.84 Å². The largest absolute Gasteiger partial charge is 0.493 e. The lowest BCUT2D eigenvalue weighted by Gasteiger charge is -2.08. The SMILES string of the molecule is COc1ccc(-c2csc(NC(=O)c3ccc(S(C)(=O)=O)cc3)n2)cc1OC. The van der Waals surface area contributed by atoms with Gasteiger partial charge in [-0.2, -0.15) is 0 Å². The fourth-order valence-electron chi connectivity index (χ4n) is 2.48. The number of sulfone groups is 1. The molecule has 0 aliphatic carbocycles. The van der Waals surface area contributed by atoms with E-state index in [1.54, 1.807) is 20.3 Å². The first-order valence-electron chi connectivity index (χ1n) is 8.11. The molecular weight excluding hydrogens is 400 g/mol. The number of nitrogens with zero attached hydrogens (tertiary/aromatic N) is 1. The van der Waals surface area contributed by atoms with E-state index in [2.05, 4.69) is 10.3 Å². The van der Waals surface area contributed by atoms with Crippen molar-refractivity contribution in [3.63, 3.8) is 0 Å². The van der Waals surface area contributed by atoms with Crippen molar-refractivity contribution >= 4 is 32.2 Å². The van der Waals surface area contributed by atoms with Crippen LogP contribution >= 0.6 is 11.3 Å². The predicted molar refractivity (Wildman–Crippen MR) is 108 cm³/mol. The molecule has 28 heavy (non-hydrogen) atoms. The van der Waals surface area contributed by atoms with Crippen LogP contribution in [0.25, 0.3) is 11.3 Å². The summed E-state index contributed by atoms with van der Waals surface area (Å²) in [4.78, 5) is 17.0. The molecule has 0 aliphatic rings. The minimum Gasteiger partial charge on any atom is -0.493 e. The van der Waals surface area contributed by atoms with Gasteiger partial charge in [-0.1, -0.05) is 0 Å². The van der Waals surface area contributed by atoms with E-state index in [4.69, 9.17) is 9.47 Å². The van der Waals surface area contributed by atoms with Gasteiger partial charge in [0.25, 0.3) is 5.91 Å². The molecule has 0 unspecified atom stereocenters. The molecule has 0 bridgehead atoms. The molecule has 9 heteroatoms. The number of anilines is 1. The zero-order valence-corrected chi connectivity index (χ0v) is 17.1. The molecule has 3 aromatic rings. The molecule has 7 nitrogen and oxygen atoms in total. The van der Waals surface area contributed by atoms with E-state index in [1.807, 2.05) is 17.5 Å². The Morgan fingerprint density at radius 1 is 1.04 bits per heavy atom. The van der Waals surface area contributed by atoms with Gasteiger partial charge >= 0.3 is 0 Å². The van der Waals surface area contributed by atoms with E-state index in [9.17, 15) is 13.2 Å². The van der Waals surface area contributed by atoms with Crippen LogP contribution in [0.4, 0.5) is 5.13 Å². The Hall–Kier alpha value is -2.91. The van der Waals surface area contributed by atoms with Crippen molar-refractivity contribution in [3.05, 3.63) is 53.4 Å². The number of hydrogen-bond donors (Lipinski definition) is 1. The van der Waals surface area contributed by atoms with Crippen molar-refractivity contribution in [3.8, 4) is 22.8 Å². The highest BCUT2D eigenvalue weighted by Crippen LogP contribution is 2.33. The molecule has 0 fully saturated rings. The zero-order chi connectivity index (χ0) is 20.3. The fraction of sp³-hybridized carbons (Fsp3) is 0.158. The number of amides is 1. The summed E-state index contributed by atoms with van der Waals surface area (Å²) in [6.45, 7) is 0. The van der Waals surface area contributed by atoms with Gasteiger partial charge in [0.15, 0.2) is 26.5 Å². The molecule has 1 amide bonds. The number of nitrogens with one attached hydrogen (secondary N) is 1. The number of methoxy groups -OCH3 is 2. The third-order valence-electron chi connectivity index (χ3n) is 3.95. The second kappa shape index (κ2) is 7.99. The molecule has 0 spiro atoms. The van der Waals surface area contributed by atoms with Crippen LogP contribution in [-0.4, -0.2) is 39.8 Å². The fourth-order valence-corrected chi connectivity index (χ4v) is 3.83. The summed E-state index contributed by atoms with van der Waals surface area (Å²) in [7, 11) is -0.179. The summed E-state index contributed by atoms with van der Waals surface area (Å²) in [5.41, 5.74) is 1.86. The van der Waals surface area contributed by atoms with Crippen LogP contribution in [0.3, 0.4) is 0 Å². The van der Waals surface area contributed by atoms with Crippen LogP contribution in [0.15, 0.2) is 52.7 Å². The Labute approximate surface area is 166 Å². The quantitative estimate of drug-likeness (QED) is 0.659. The molecule has 0 aliphatic heterocycles. The molecule has 3 rings (SSSR count). The van der Waals surface area contributed by atoms with Crippen LogP contribution in [0.2, 0.25) is 0 Å². The Morgan fingerprint density at radius 3 is 2.32 bits per heavy atom. The van der Waals surface area contributed by atoms with Crippen LogP contribution in [0.1, 0.15) is 10.4 Å². The maximum Gasteiger partial charge on any atom is 0.257 e. The smallest absolute Gasteiger partial charge is 0.257 e. The molecule has 0 saturated carbocycles. The topological polar surface area (TPSA) is 94.6 Å². The number of ether oxygens (including phenoxy) is 2. The van der Waals surface area contributed by atoms with E-state index < -0.39 is 9.84 Å². The Balaban J connectivity index is 1.76. The first-order chi connectivity index (χ1) is 13.3. The number of aromatic nitrogens is 1. The van der Waals surface area contributed by atoms with Gasteiger partial charge in [-0.25, -0.2) is 13.4 Å². The molecule has 0 saturated heterocycles. The third-order valence-corrected chi connectivity index (χ3v) is 5.83. The molecule has 1 aromatic heterocycles. The van der Waals surface area contributed by atoms with Gasteiger partial charge < -0.3 is 9.47 Å². The summed E-state index contributed by atoms with van der Waals surface area (Å²) >= 11 is 1.29. The van der Waals surface area contributed by atoms with Crippen molar-refractivity contribution in [2.24, 2.45) is 0 Å². The molecular formula is C19H18N2O5S2. The van der Waals surface area contributed by atoms with E-state index in [0.29, 0.717) is 27.9 Å². The molecule has 0 atom stereocenters. The number of hydrogen-bond acceptors (Lipinski definition) is 7. The normalized spacial score (nSPS) is 11.1. The van der Waals surface area contributed by atoms with E-state index in [1.165, 1.54) is 35.6 Å². The molecule has 146 valence electrons. The number of carbonyl (C=O) groups is 1. The van der Waals surface area contributed by atoms with Gasteiger partial charge in [0, 0.05) is 22.8 Å². The summed E-state index contributed by atoms with van der Waals surface area (Å²) < 4.78 is 33.5. The maximum absolute atomic E-state index is 12.4. The highest BCUT2D eigenvalue weighted by molar-refractivity contribution is 7.90. The predicted octanol–water partition coefficient (Wildman–Crippen LogP) is 3.48. The van der Waals surface area contributed by atoms with E-state index in [-0.39, 0.29) is 10.8 Å². The first kappa shape index (κ1) is 19.8. The Morgan fingerprint density at radius 2 is 1.71 bits per heavy atom. The second-order valence-corrected chi connectivity index (χ2v) is 8.73. The van der Waals surface area contributed by atoms with E-state index >= 15 is 0 Å². The lowest BCUT2D eigenvalue weighted by molar-refractivity contribution is 0.102. The average molecular weight is 418 g/mol. The molecule has 1 heterocycles. The van der Waals surface area contributed by atoms with Crippen molar-refractivity contribution in [2.45, 2.75) is 4.90 Å². The third kappa shape index (κ3) is 4.32. The minimum atomic E-state index is -3.30. The summed E-state index contributed by atoms with van der Waals surface area (Å²) in [6, 6.07) is 11.2. The Bertz CT molecular complexity index is 1110. The van der Waals surface area contributed by atoms with Gasteiger partial charge in [0.2, 0.25) is 0 Å². The molecule has 0 radical (unpaired) electrons. The minimum absolute atomic E-state index is 0.161. The first-order valence-corrected chi connectivity index (χ1v) is 10.9. The molecule has 2 aromatic carbocycles. The van der Waals surface area contributed by atoms with Crippen LogP contribution < -0.4 is 14.8 Å². The summed E-state index contributed by atoms with van der Waals surface area (Å²) in [6.07, 6.45) is 1.12. The summed E-state index contributed by atoms with van der Waals surface area (Å²) in [5.74, 6) is 0.838. The van der Waals surface area contributed by atoms with Crippen LogP contribution in [0.5, 0.6) is 11.5 Å². The van der Waals surface area contributed by atoms with E-state index in [0.717, 1.165) is 11.8 Å². The average Bonchev–Trinajstić information content (AvgIpc) is 3.15. The van der Waals surface area contributed by atoms with Gasteiger partial charge in [-0.3, -0.25) is 10.1 Å². The van der Waals surface area contributed by atoms with Gasteiger partial charge in [0.05, 0.1) is 24.8 Å². The highest BCUT2D eigenvalue weighted by Gasteiger charge is 2.13. The lowest BCUT2D eigenvalue weighted by atomic mass is 10.1. The maximum atomic E-state index is 12.4. The number of benzene rings is 2. The van der Waals surface area contributed by atoms with Crippen molar-refractivity contribution in [1.29, 1.82) is 0 Å². The number of rotatable bonds is 6. The van der Waals surface area contributed by atoms with Crippen LogP contribution in [0, 0.1) is 0 Å². The van der Waals surface area contributed by atoms with Crippen molar-refractivity contribution in [2.75, 3.05) is 25.8 Å². The standard InChI is InChI=1S/C19H18N2O5S2/c1-25-16-9-6-13(10-17(16)26-2)15-11-27-19(20-15)21-18(22)12-4-7-14(8-5-12)28(3,23)24/h4-11H,1-3H3,(H,20,21,22). The summed E-state index contributed by atoms with van der Waals surface area (Å²) in [5, 5.41) is 4.98. The number of carbonyl (C=O) groups excluding carboxylic acids is 1. The number of thiazole rings is 1. The zero-order valence-electron chi connectivity index (χ0n) is 15.4. The van der Waals surface area contributed by atoms with Crippen molar-refractivity contribution < 1.29 is 22.7 Å². The highest BCUT2D eigenvalue weighted by atomic mass is 32.2. The van der Waals surface area contributed by atoms with Gasteiger partial charge in [-0.05, 0) is 42.5 Å². The van der Waals surface area contributed by atoms with Gasteiger partial charge in [-0.15, -0.1) is 11.3 Å². The van der Waals surface area contributed by atoms with Crippen molar-refractivity contribution in [1.82, 2.24) is 4.98 Å². The second-order valence-electron chi connectivity index (χ2n) is 5.86. The Kier molecular flexibility index (Phi) is 5.66. The molecule has 1 N–H and O–H groups in total. The monoisotopic (exact) mass is 418 g/mol. The lowest BCUT2D eigenvalue weighted by Crippen LogP contribution is -2.11.